The van der Waals surface area contributed by atoms with E-state index in [1.54, 1.807) is 24.3 Å². The second kappa shape index (κ2) is 6.69. The topological polar surface area (TPSA) is 62.0 Å². The van der Waals surface area contributed by atoms with E-state index >= 15 is 0 Å². The number of hydrogen-bond donors (Lipinski definition) is 2. The fourth-order valence-corrected chi connectivity index (χ4v) is 2.31. The summed E-state index contributed by atoms with van der Waals surface area (Å²) in [7, 11) is 0. The van der Waals surface area contributed by atoms with Crippen LogP contribution >= 0.6 is 11.8 Å². The van der Waals surface area contributed by atoms with Gasteiger partial charge >= 0.3 is 6.18 Å². The fourth-order valence-electron chi connectivity index (χ4n) is 1.59. The van der Waals surface area contributed by atoms with Crippen LogP contribution in [0.25, 0.3) is 0 Å². The highest BCUT2D eigenvalue weighted by molar-refractivity contribution is 8.00. The molecular weight excluding hydrogens is 317 g/mol. The molecule has 0 fully saturated rings. The fraction of sp³-hybridized carbons (Fsp3) is 0.143. The minimum atomic E-state index is -4.59. The van der Waals surface area contributed by atoms with Gasteiger partial charge in [0.2, 0.25) is 5.91 Å². The van der Waals surface area contributed by atoms with Crippen LogP contribution < -0.4 is 10.9 Å². The number of amides is 1. The maximum absolute atomic E-state index is 12.6. The minimum Gasteiger partial charge on any atom is -0.327 e. The second-order valence-corrected chi connectivity index (χ2v) is 5.33. The zero-order valence-electron chi connectivity index (χ0n) is 11.1. The van der Waals surface area contributed by atoms with Gasteiger partial charge in [-0.05, 0) is 18.2 Å². The molecule has 1 heterocycles. The molecular formula is C14H11F3N2O2S. The van der Waals surface area contributed by atoms with Crippen molar-refractivity contribution in [1.29, 1.82) is 0 Å². The summed E-state index contributed by atoms with van der Waals surface area (Å²) in [5, 5.41) is 2.19. The van der Waals surface area contributed by atoms with Crippen molar-refractivity contribution in [3.05, 3.63) is 58.5 Å². The van der Waals surface area contributed by atoms with Crippen LogP contribution in [0.1, 0.15) is 5.56 Å². The number of carbonyl (C=O) groups is 1. The standard InChI is InChI=1S/C14H11F3N2O2S/c15-14(16,17)9-6-11(13(21)18-7-9)19-12(20)8-22-10-4-2-1-3-5-10/h1-7H,8H2,(H,18,21)(H,19,20). The lowest BCUT2D eigenvalue weighted by molar-refractivity contribution is -0.137. The van der Waals surface area contributed by atoms with Crippen molar-refractivity contribution in [3.63, 3.8) is 0 Å². The molecule has 22 heavy (non-hydrogen) atoms. The second-order valence-electron chi connectivity index (χ2n) is 4.28. The van der Waals surface area contributed by atoms with E-state index in [1.165, 1.54) is 11.8 Å². The number of pyridine rings is 1. The first-order valence-corrected chi connectivity index (χ1v) is 7.12. The van der Waals surface area contributed by atoms with Crippen LogP contribution in [-0.4, -0.2) is 16.6 Å². The lowest BCUT2D eigenvalue weighted by Crippen LogP contribution is -2.22. The summed E-state index contributed by atoms with van der Waals surface area (Å²) in [5.41, 5.74) is -2.24. The van der Waals surface area contributed by atoms with Crippen molar-refractivity contribution < 1.29 is 18.0 Å². The highest BCUT2D eigenvalue weighted by atomic mass is 32.2. The van der Waals surface area contributed by atoms with E-state index in [1.807, 2.05) is 11.1 Å². The molecule has 116 valence electrons. The Kier molecular flexibility index (Phi) is 4.92. The van der Waals surface area contributed by atoms with Crippen molar-refractivity contribution >= 4 is 23.4 Å². The number of halogens is 3. The maximum Gasteiger partial charge on any atom is 0.417 e. The quantitative estimate of drug-likeness (QED) is 0.848. The molecule has 0 saturated carbocycles. The van der Waals surface area contributed by atoms with E-state index in [2.05, 4.69) is 5.32 Å². The van der Waals surface area contributed by atoms with Gasteiger partial charge in [-0.3, -0.25) is 9.59 Å². The van der Waals surface area contributed by atoms with Crippen molar-refractivity contribution in [1.82, 2.24) is 4.98 Å². The molecule has 0 saturated heterocycles. The van der Waals surface area contributed by atoms with Crippen LogP contribution in [0.2, 0.25) is 0 Å². The Morgan fingerprint density at radius 1 is 1.23 bits per heavy atom. The van der Waals surface area contributed by atoms with E-state index in [0.29, 0.717) is 12.3 Å². The SMILES string of the molecule is O=C(CSc1ccccc1)Nc1cc(C(F)(F)F)c[nH]c1=O. The number of thioether (sulfide) groups is 1. The Balaban J connectivity index is 2.04. The summed E-state index contributed by atoms with van der Waals surface area (Å²) >= 11 is 1.22. The summed E-state index contributed by atoms with van der Waals surface area (Å²) in [6, 6.07) is 9.65. The third-order valence-electron chi connectivity index (χ3n) is 2.62. The molecule has 2 rings (SSSR count). The van der Waals surface area contributed by atoms with Gasteiger partial charge < -0.3 is 10.3 Å². The molecule has 0 aliphatic carbocycles. The Labute approximate surface area is 127 Å². The third-order valence-corrected chi connectivity index (χ3v) is 3.63. The van der Waals surface area contributed by atoms with Gasteiger partial charge in [-0.25, -0.2) is 0 Å². The van der Waals surface area contributed by atoms with E-state index in [0.717, 1.165) is 4.90 Å². The molecule has 0 aliphatic rings. The van der Waals surface area contributed by atoms with Crippen molar-refractivity contribution in [2.75, 3.05) is 11.1 Å². The lowest BCUT2D eigenvalue weighted by Gasteiger charge is -2.09. The van der Waals surface area contributed by atoms with Gasteiger partial charge in [-0.15, -0.1) is 11.8 Å². The van der Waals surface area contributed by atoms with Gasteiger partial charge in [0.25, 0.3) is 5.56 Å². The Morgan fingerprint density at radius 3 is 2.55 bits per heavy atom. The molecule has 0 bridgehead atoms. The minimum absolute atomic E-state index is 0.0142. The Bertz CT molecular complexity index is 714. The third kappa shape index (κ3) is 4.39. The zero-order chi connectivity index (χ0) is 16.2. The van der Waals surface area contributed by atoms with Crippen LogP contribution in [0.3, 0.4) is 0 Å². The normalized spacial score (nSPS) is 11.2. The molecule has 0 radical (unpaired) electrons. The highest BCUT2D eigenvalue weighted by Gasteiger charge is 2.31. The molecule has 0 atom stereocenters. The van der Waals surface area contributed by atoms with Gasteiger partial charge in [0.05, 0.1) is 11.3 Å². The molecule has 0 spiro atoms. The first kappa shape index (κ1) is 16.2. The highest BCUT2D eigenvalue weighted by Crippen LogP contribution is 2.29. The number of rotatable bonds is 4. The first-order valence-electron chi connectivity index (χ1n) is 6.14. The van der Waals surface area contributed by atoms with Crippen LogP contribution in [-0.2, 0) is 11.0 Å². The van der Waals surface area contributed by atoms with Crippen molar-refractivity contribution in [2.24, 2.45) is 0 Å². The zero-order valence-corrected chi connectivity index (χ0v) is 11.9. The average molecular weight is 328 g/mol. The molecule has 2 N–H and O–H groups in total. The molecule has 1 aromatic heterocycles. The van der Waals surface area contributed by atoms with Crippen LogP contribution in [0, 0.1) is 0 Å². The van der Waals surface area contributed by atoms with Gasteiger partial charge in [0, 0.05) is 11.1 Å². The smallest absolute Gasteiger partial charge is 0.327 e. The number of benzene rings is 1. The number of hydrogen-bond acceptors (Lipinski definition) is 3. The predicted molar refractivity (Wildman–Crippen MR) is 77.9 cm³/mol. The lowest BCUT2D eigenvalue weighted by atomic mass is 10.2. The number of aromatic nitrogens is 1. The monoisotopic (exact) mass is 328 g/mol. The summed E-state index contributed by atoms with van der Waals surface area (Å²) in [5.74, 6) is -0.571. The number of alkyl halides is 3. The average Bonchev–Trinajstić information content (AvgIpc) is 2.47. The molecule has 4 nitrogen and oxygen atoms in total. The van der Waals surface area contributed by atoms with E-state index in [9.17, 15) is 22.8 Å². The van der Waals surface area contributed by atoms with E-state index in [-0.39, 0.29) is 5.75 Å². The molecule has 0 aliphatic heterocycles. The summed E-state index contributed by atoms with van der Waals surface area (Å²) < 4.78 is 37.7. The summed E-state index contributed by atoms with van der Waals surface area (Å²) in [6.07, 6.45) is -4.03. The molecule has 2 aromatic rings. The van der Waals surface area contributed by atoms with Gasteiger partial charge in [0.1, 0.15) is 5.69 Å². The maximum atomic E-state index is 12.6. The van der Waals surface area contributed by atoms with E-state index in [4.69, 9.17) is 0 Å². The van der Waals surface area contributed by atoms with Crippen LogP contribution in [0.5, 0.6) is 0 Å². The molecule has 0 unspecified atom stereocenters. The molecule has 8 heteroatoms. The van der Waals surface area contributed by atoms with Crippen LogP contribution in [0.15, 0.2) is 52.3 Å². The van der Waals surface area contributed by atoms with Gasteiger partial charge in [-0.1, -0.05) is 18.2 Å². The number of carbonyl (C=O) groups excluding carboxylic acids is 1. The Hall–Kier alpha value is -2.22. The van der Waals surface area contributed by atoms with Crippen LogP contribution in [0.4, 0.5) is 18.9 Å². The number of nitrogens with one attached hydrogen (secondary N) is 2. The number of anilines is 1. The summed E-state index contributed by atoms with van der Waals surface area (Å²) in [6.45, 7) is 0. The van der Waals surface area contributed by atoms with Crippen molar-refractivity contribution in [2.45, 2.75) is 11.1 Å². The van der Waals surface area contributed by atoms with Gasteiger partial charge in [-0.2, -0.15) is 13.2 Å². The van der Waals surface area contributed by atoms with E-state index < -0.39 is 28.9 Å². The molecule has 1 aromatic carbocycles. The van der Waals surface area contributed by atoms with Crippen molar-refractivity contribution in [3.8, 4) is 0 Å². The predicted octanol–water partition coefficient (Wildman–Crippen LogP) is 3.12. The largest absolute Gasteiger partial charge is 0.417 e. The Morgan fingerprint density at radius 2 is 1.91 bits per heavy atom. The first-order chi connectivity index (χ1) is 10.4. The summed E-state index contributed by atoms with van der Waals surface area (Å²) in [4.78, 5) is 26.0. The molecule has 1 amide bonds. The van der Waals surface area contributed by atoms with Gasteiger partial charge in [0.15, 0.2) is 0 Å². The number of aromatic amines is 1. The number of H-pyrrole nitrogens is 1.